The van der Waals surface area contributed by atoms with E-state index in [9.17, 15) is 0 Å². The average Bonchev–Trinajstić information content (AvgIpc) is 2.80. The molecule has 3 nitrogen and oxygen atoms in total. The molecule has 0 spiro atoms. The fourth-order valence-electron chi connectivity index (χ4n) is 2.52. The molecule has 1 fully saturated rings. The van der Waals surface area contributed by atoms with E-state index in [4.69, 9.17) is 23.2 Å². The molecule has 6 heteroatoms. The SMILES string of the molecule is Clc1ccc(-c2csc(NN=C3CCCCCC3)n2)c(Cl)c1. The first kappa shape index (κ1) is 15.8. The number of hydrogen-bond acceptors (Lipinski definition) is 4. The van der Waals surface area contributed by atoms with Gasteiger partial charge in [-0.15, -0.1) is 11.3 Å². The fourth-order valence-corrected chi connectivity index (χ4v) is 3.68. The minimum atomic E-state index is 0.611. The Labute approximate surface area is 144 Å². The smallest absolute Gasteiger partial charge is 0.203 e. The quantitative estimate of drug-likeness (QED) is 0.523. The number of hydrogen-bond donors (Lipinski definition) is 1. The summed E-state index contributed by atoms with van der Waals surface area (Å²) in [6.45, 7) is 0. The highest BCUT2D eigenvalue weighted by Crippen LogP contribution is 2.32. The Hall–Kier alpha value is -1.10. The van der Waals surface area contributed by atoms with Gasteiger partial charge in [0.2, 0.25) is 5.13 Å². The zero-order chi connectivity index (χ0) is 15.4. The molecular weight excluding hydrogens is 337 g/mol. The second-order valence-electron chi connectivity index (χ2n) is 5.37. The predicted octanol–water partition coefficient (Wildman–Crippen LogP) is 6.24. The molecular formula is C16H17Cl2N3S. The normalized spacial score (nSPS) is 15.5. The van der Waals surface area contributed by atoms with Crippen LogP contribution < -0.4 is 5.43 Å². The zero-order valence-corrected chi connectivity index (χ0v) is 14.4. The first-order valence-corrected chi connectivity index (χ1v) is 9.08. The molecule has 0 bridgehead atoms. The number of anilines is 1. The Balaban J connectivity index is 1.72. The van der Waals surface area contributed by atoms with Crippen LogP contribution >= 0.6 is 34.5 Å². The molecule has 3 rings (SSSR count). The van der Waals surface area contributed by atoms with Gasteiger partial charge in [-0.25, -0.2) is 4.98 Å². The maximum Gasteiger partial charge on any atom is 0.203 e. The monoisotopic (exact) mass is 353 g/mol. The summed E-state index contributed by atoms with van der Waals surface area (Å²) in [5.41, 5.74) is 6.07. The molecule has 1 aromatic carbocycles. The summed E-state index contributed by atoms with van der Waals surface area (Å²) in [6.07, 6.45) is 7.29. The van der Waals surface area contributed by atoms with E-state index in [0.717, 1.165) is 29.2 Å². The number of halogens is 2. The van der Waals surface area contributed by atoms with Crippen LogP contribution in [0.5, 0.6) is 0 Å². The summed E-state index contributed by atoms with van der Waals surface area (Å²) in [5, 5.41) is 8.52. The Morgan fingerprint density at radius 1 is 1.09 bits per heavy atom. The van der Waals surface area contributed by atoms with E-state index in [-0.39, 0.29) is 0 Å². The molecule has 0 saturated heterocycles. The van der Waals surface area contributed by atoms with Gasteiger partial charge in [0.05, 0.1) is 10.7 Å². The van der Waals surface area contributed by atoms with E-state index in [0.29, 0.717) is 10.0 Å². The summed E-state index contributed by atoms with van der Waals surface area (Å²) >= 11 is 13.7. The molecule has 116 valence electrons. The molecule has 0 unspecified atom stereocenters. The summed E-state index contributed by atoms with van der Waals surface area (Å²) in [7, 11) is 0. The molecule has 1 aromatic heterocycles. The Morgan fingerprint density at radius 3 is 2.59 bits per heavy atom. The van der Waals surface area contributed by atoms with Crippen molar-refractivity contribution in [2.45, 2.75) is 38.5 Å². The van der Waals surface area contributed by atoms with Gasteiger partial charge in [0.25, 0.3) is 0 Å². The van der Waals surface area contributed by atoms with E-state index in [2.05, 4.69) is 15.5 Å². The van der Waals surface area contributed by atoms with Crippen molar-refractivity contribution in [2.75, 3.05) is 5.43 Å². The third-order valence-corrected chi connectivity index (χ3v) is 5.00. The summed E-state index contributed by atoms with van der Waals surface area (Å²) < 4.78 is 0. The number of hydrazone groups is 1. The van der Waals surface area contributed by atoms with Crippen molar-refractivity contribution in [3.8, 4) is 11.3 Å². The zero-order valence-electron chi connectivity index (χ0n) is 12.1. The second-order valence-corrected chi connectivity index (χ2v) is 7.07. The largest absolute Gasteiger partial charge is 0.253 e. The summed E-state index contributed by atoms with van der Waals surface area (Å²) in [6, 6.07) is 5.44. The summed E-state index contributed by atoms with van der Waals surface area (Å²) in [5.74, 6) is 0. The van der Waals surface area contributed by atoms with Crippen LogP contribution in [0.4, 0.5) is 5.13 Å². The van der Waals surface area contributed by atoms with E-state index in [1.807, 2.05) is 17.5 Å². The van der Waals surface area contributed by atoms with Gasteiger partial charge in [0.15, 0.2) is 0 Å². The van der Waals surface area contributed by atoms with Crippen molar-refractivity contribution in [3.05, 3.63) is 33.6 Å². The minimum Gasteiger partial charge on any atom is -0.253 e. The van der Waals surface area contributed by atoms with Crippen molar-refractivity contribution >= 4 is 45.4 Å². The topological polar surface area (TPSA) is 37.3 Å². The fraction of sp³-hybridized carbons (Fsp3) is 0.375. The lowest BCUT2D eigenvalue weighted by Crippen LogP contribution is -2.00. The highest BCUT2D eigenvalue weighted by Gasteiger charge is 2.09. The van der Waals surface area contributed by atoms with Crippen molar-refractivity contribution in [3.63, 3.8) is 0 Å². The van der Waals surface area contributed by atoms with Gasteiger partial charge in [0, 0.05) is 21.7 Å². The molecule has 1 saturated carbocycles. The first-order valence-electron chi connectivity index (χ1n) is 7.45. The van der Waals surface area contributed by atoms with Gasteiger partial charge in [-0.05, 0) is 43.9 Å². The van der Waals surface area contributed by atoms with Crippen molar-refractivity contribution in [2.24, 2.45) is 5.10 Å². The summed E-state index contributed by atoms with van der Waals surface area (Å²) in [4.78, 5) is 4.55. The van der Waals surface area contributed by atoms with Crippen LogP contribution in [0.3, 0.4) is 0 Å². The lowest BCUT2D eigenvalue weighted by molar-refractivity contribution is 0.702. The molecule has 1 heterocycles. The van der Waals surface area contributed by atoms with Crippen molar-refractivity contribution in [1.29, 1.82) is 0 Å². The number of nitrogens with one attached hydrogen (secondary N) is 1. The van der Waals surface area contributed by atoms with E-state index in [1.54, 1.807) is 6.07 Å². The molecule has 2 aromatic rings. The van der Waals surface area contributed by atoms with Crippen molar-refractivity contribution in [1.82, 2.24) is 4.98 Å². The van der Waals surface area contributed by atoms with Crippen LogP contribution in [0.15, 0.2) is 28.7 Å². The molecule has 0 aliphatic heterocycles. The molecule has 22 heavy (non-hydrogen) atoms. The van der Waals surface area contributed by atoms with Crippen LogP contribution in [0.25, 0.3) is 11.3 Å². The van der Waals surface area contributed by atoms with Gasteiger partial charge >= 0.3 is 0 Å². The van der Waals surface area contributed by atoms with Crippen LogP contribution in [0, 0.1) is 0 Å². The maximum absolute atomic E-state index is 6.22. The number of thiazole rings is 1. The van der Waals surface area contributed by atoms with Gasteiger partial charge < -0.3 is 0 Å². The first-order chi connectivity index (χ1) is 10.7. The number of nitrogens with zero attached hydrogens (tertiary/aromatic N) is 2. The molecule has 1 aliphatic carbocycles. The lowest BCUT2D eigenvalue weighted by Gasteiger charge is -2.02. The number of benzene rings is 1. The van der Waals surface area contributed by atoms with E-state index in [1.165, 1.54) is 42.7 Å². The van der Waals surface area contributed by atoms with Crippen molar-refractivity contribution < 1.29 is 0 Å². The van der Waals surface area contributed by atoms with Gasteiger partial charge in [-0.2, -0.15) is 5.10 Å². The lowest BCUT2D eigenvalue weighted by atomic mass is 10.2. The number of rotatable bonds is 3. The molecule has 0 amide bonds. The Morgan fingerprint density at radius 2 is 1.86 bits per heavy atom. The maximum atomic E-state index is 6.22. The third kappa shape index (κ3) is 4.00. The average molecular weight is 354 g/mol. The molecule has 0 radical (unpaired) electrons. The van der Waals surface area contributed by atoms with Gasteiger partial charge in [-0.3, -0.25) is 5.43 Å². The Kier molecular flexibility index (Phi) is 5.34. The van der Waals surface area contributed by atoms with Crippen LogP contribution in [0.1, 0.15) is 38.5 Å². The minimum absolute atomic E-state index is 0.611. The van der Waals surface area contributed by atoms with Gasteiger partial charge in [0.1, 0.15) is 0 Å². The van der Waals surface area contributed by atoms with Crippen LogP contribution in [-0.4, -0.2) is 10.7 Å². The molecule has 0 atom stereocenters. The Bertz CT molecular complexity index is 672. The standard InChI is InChI=1S/C16H17Cl2N3S/c17-11-7-8-13(14(18)9-11)15-10-22-16(19-15)21-20-12-5-3-1-2-4-6-12/h7-10H,1-6H2,(H,19,21). The third-order valence-electron chi connectivity index (χ3n) is 3.70. The van der Waals surface area contributed by atoms with Crippen LogP contribution in [0.2, 0.25) is 10.0 Å². The van der Waals surface area contributed by atoms with E-state index >= 15 is 0 Å². The van der Waals surface area contributed by atoms with Crippen LogP contribution in [-0.2, 0) is 0 Å². The molecule has 1 N–H and O–H groups in total. The van der Waals surface area contributed by atoms with Gasteiger partial charge in [-0.1, -0.05) is 36.0 Å². The highest BCUT2D eigenvalue weighted by atomic mass is 35.5. The molecule has 1 aliphatic rings. The highest BCUT2D eigenvalue weighted by molar-refractivity contribution is 7.14. The number of aromatic nitrogens is 1. The van der Waals surface area contributed by atoms with E-state index < -0.39 is 0 Å². The predicted molar refractivity (Wildman–Crippen MR) is 96.3 cm³/mol. The second kappa shape index (κ2) is 7.44.